The highest BCUT2D eigenvalue weighted by Gasteiger charge is 2.20. The second-order valence-corrected chi connectivity index (χ2v) is 6.92. The average Bonchev–Trinajstić information content (AvgIpc) is 2.83. The van der Waals surface area contributed by atoms with Crippen LogP contribution in [-0.2, 0) is 4.79 Å². The molecular weight excluding hydrogens is 420 g/mol. The molecular formula is C24H20N6O3. The molecule has 0 unspecified atom stereocenters. The first-order valence-electron chi connectivity index (χ1n) is 9.89. The molecule has 0 bridgehead atoms. The molecule has 2 aromatic carbocycles. The van der Waals surface area contributed by atoms with E-state index in [1.54, 1.807) is 54.7 Å². The summed E-state index contributed by atoms with van der Waals surface area (Å²) in [6.07, 6.45) is 4.12. The van der Waals surface area contributed by atoms with Crippen LogP contribution in [0.4, 0.5) is 17.2 Å². The number of methoxy groups -OCH3 is 1. The molecule has 9 heteroatoms. The van der Waals surface area contributed by atoms with Gasteiger partial charge in [0, 0.05) is 28.9 Å². The highest BCUT2D eigenvalue weighted by atomic mass is 16.5. The number of amides is 2. The van der Waals surface area contributed by atoms with Crippen molar-refractivity contribution in [3.05, 3.63) is 79.3 Å². The van der Waals surface area contributed by atoms with E-state index in [2.05, 4.69) is 32.2 Å². The van der Waals surface area contributed by atoms with E-state index in [0.717, 1.165) is 6.08 Å². The molecule has 9 nitrogen and oxygen atoms in total. The van der Waals surface area contributed by atoms with Gasteiger partial charge in [0.05, 0.1) is 29.6 Å². The summed E-state index contributed by atoms with van der Waals surface area (Å²) in [6, 6.07) is 13.6. The normalized spacial score (nSPS) is 10.5. The smallest absolute Gasteiger partial charge is 0.257 e. The zero-order valence-corrected chi connectivity index (χ0v) is 17.7. The molecule has 4 rings (SSSR count). The van der Waals surface area contributed by atoms with Crippen LogP contribution in [0.5, 0.6) is 5.75 Å². The first kappa shape index (κ1) is 21.4. The zero-order chi connectivity index (χ0) is 23.4. The summed E-state index contributed by atoms with van der Waals surface area (Å²) in [4.78, 5) is 37.9. The van der Waals surface area contributed by atoms with Crippen LogP contribution < -0.4 is 21.1 Å². The number of benzene rings is 2. The van der Waals surface area contributed by atoms with Crippen molar-refractivity contribution in [2.75, 3.05) is 23.5 Å². The summed E-state index contributed by atoms with van der Waals surface area (Å²) in [5.74, 6) is 0.0243. The number of fused-ring (bicyclic) bond motifs is 1. The molecule has 33 heavy (non-hydrogen) atoms. The predicted molar refractivity (Wildman–Crippen MR) is 127 cm³/mol. The first-order valence-corrected chi connectivity index (χ1v) is 9.89. The Morgan fingerprint density at radius 2 is 1.91 bits per heavy atom. The summed E-state index contributed by atoms with van der Waals surface area (Å²) in [6.45, 7) is 3.47. The van der Waals surface area contributed by atoms with Gasteiger partial charge in [0.2, 0.25) is 5.91 Å². The van der Waals surface area contributed by atoms with Crippen LogP contribution >= 0.6 is 0 Å². The van der Waals surface area contributed by atoms with Crippen LogP contribution in [0.2, 0.25) is 0 Å². The van der Waals surface area contributed by atoms with E-state index in [1.807, 2.05) is 0 Å². The van der Waals surface area contributed by atoms with Crippen LogP contribution in [0, 0.1) is 0 Å². The van der Waals surface area contributed by atoms with Gasteiger partial charge >= 0.3 is 0 Å². The van der Waals surface area contributed by atoms with E-state index < -0.39 is 11.8 Å². The minimum atomic E-state index is -0.402. The Morgan fingerprint density at radius 1 is 1.06 bits per heavy atom. The van der Waals surface area contributed by atoms with Crippen molar-refractivity contribution < 1.29 is 14.3 Å². The standard InChI is InChI=1S/C24H20N6O3/c1-3-21(31)29-18-11-15-17(12-19(18)33-2)27-13-28-23(15)22-14(7-6-8-16(22)25)24(32)30-20-9-4-5-10-26-20/h3-13H,1,25H2,2H3,(H,29,31)(H,26,30,32). The largest absolute Gasteiger partial charge is 0.494 e. The van der Waals surface area contributed by atoms with Crippen LogP contribution in [0.15, 0.2) is 73.7 Å². The molecule has 0 aliphatic heterocycles. The van der Waals surface area contributed by atoms with E-state index in [0.29, 0.717) is 50.7 Å². The average molecular weight is 440 g/mol. The minimum Gasteiger partial charge on any atom is -0.494 e. The molecule has 0 atom stereocenters. The molecule has 4 N–H and O–H groups in total. The molecule has 2 amide bonds. The van der Waals surface area contributed by atoms with Gasteiger partial charge in [0.15, 0.2) is 0 Å². The molecule has 0 saturated heterocycles. The van der Waals surface area contributed by atoms with Crippen molar-refractivity contribution >= 4 is 39.9 Å². The fourth-order valence-electron chi connectivity index (χ4n) is 3.38. The number of aromatic nitrogens is 3. The maximum atomic E-state index is 13.1. The number of anilines is 3. The quantitative estimate of drug-likeness (QED) is 0.308. The van der Waals surface area contributed by atoms with Gasteiger partial charge in [-0.05, 0) is 36.4 Å². The van der Waals surface area contributed by atoms with Gasteiger partial charge in [-0.3, -0.25) is 9.59 Å². The first-order chi connectivity index (χ1) is 16.0. The van der Waals surface area contributed by atoms with Crippen molar-refractivity contribution in [3.8, 4) is 17.0 Å². The number of pyridine rings is 1. The number of nitrogen functional groups attached to an aromatic ring is 1. The van der Waals surface area contributed by atoms with Gasteiger partial charge in [-0.25, -0.2) is 15.0 Å². The molecule has 0 aliphatic carbocycles. The Labute approximate surface area is 189 Å². The fourth-order valence-corrected chi connectivity index (χ4v) is 3.38. The third-order valence-corrected chi connectivity index (χ3v) is 4.88. The number of carbonyl (C=O) groups is 2. The maximum Gasteiger partial charge on any atom is 0.257 e. The number of hydrogen-bond donors (Lipinski definition) is 3. The van der Waals surface area contributed by atoms with Crippen molar-refractivity contribution in [2.24, 2.45) is 0 Å². The lowest BCUT2D eigenvalue weighted by atomic mass is 9.98. The number of rotatable bonds is 6. The van der Waals surface area contributed by atoms with Crippen molar-refractivity contribution in [2.45, 2.75) is 0 Å². The summed E-state index contributed by atoms with van der Waals surface area (Å²) >= 11 is 0. The Kier molecular flexibility index (Phi) is 5.94. The molecule has 2 heterocycles. The second-order valence-electron chi connectivity index (χ2n) is 6.92. The van der Waals surface area contributed by atoms with Gasteiger partial charge in [-0.1, -0.05) is 18.7 Å². The molecule has 0 aliphatic rings. The van der Waals surface area contributed by atoms with Crippen LogP contribution in [-0.4, -0.2) is 33.9 Å². The van der Waals surface area contributed by atoms with Gasteiger partial charge < -0.3 is 21.1 Å². The zero-order valence-electron chi connectivity index (χ0n) is 17.7. The summed E-state index contributed by atoms with van der Waals surface area (Å²) < 4.78 is 5.39. The third-order valence-electron chi connectivity index (χ3n) is 4.88. The summed E-state index contributed by atoms with van der Waals surface area (Å²) in [5, 5.41) is 6.05. The highest BCUT2D eigenvalue weighted by Crippen LogP contribution is 2.37. The maximum absolute atomic E-state index is 13.1. The summed E-state index contributed by atoms with van der Waals surface area (Å²) in [7, 11) is 1.49. The Morgan fingerprint density at radius 3 is 2.64 bits per heavy atom. The third kappa shape index (κ3) is 4.33. The Hall–Kier alpha value is -4.79. The van der Waals surface area contributed by atoms with Crippen molar-refractivity contribution in [1.29, 1.82) is 0 Å². The lowest BCUT2D eigenvalue weighted by Crippen LogP contribution is -2.15. The fraction of sp³-hybridized carbons (Fsp3) is 0.0417. The van der Waals surface area contributed by atoms with E-state index in [-0.39, 0.29) is 0 Å². The number of carbonyl (C=O) groups excluding carboxylic acids is 2. The van der Waals surface area contributed by atoms with E-state index in [1.165, 1.54) is 13.4 Å². The number of hydrogen-bond acceptors (Lipinski definition) is 7. The topological polar surface area (TPSA) is 132 Å². The van der Waals surface area contributed by atoms with E-state index in [9.17, 15) is 9.59 Å². The highest BCUT2D eigenvalue weighted by molar-refractivity contribution is 6.12. The molecule has 0 spiro atoms. The second kappa shape index (κ2) is 9.15. The van der Waals surface area contributed by atoms with Crippen LogP contribution in [0.25, 0.3) is 22.2 Å². The molecule has 0 saturated carbocycles. The molecule has 4 aromatic rings. The van der Waals surface area contributed by atoms with Gasteiger partial charge in [-0.15, -0.1) is 0 Å². The molecule has 0 radical (unpaired) electrons. The minimum absolute atomic E-state index is 0.313. The lowest BCUT2D eigenvalue weighted by Gasteiger charge is -2.15. The van der Waals surface area contributed by atoms with E-state index in [4.69, 9.17) is 10.5 Å². The molecule has 2 aromatic heterocycles. The van der Waals surface area contributed by atoms with Gasteiger partial charge in [0.25, 0.3) is 5.91 Å². The Bertz CT molecular complexity index is 1370. The van der Waals surface area contributed by atoms with Crippen molar-refractivity contribution in [1.82, 2.24) is 15.0 Å². The molecule has 0 fully saturated rings. The van der Waals surface area contributed by atoms with Gasteiger partial charge in [-0.2, -0.15) is 0 Å². The number of nitrogens with zero attached hydrogens (tertiary/aromatic N) is 3. The lowest BCUT2D eigenvalue weighted by molar-refractivity contribution is -0.111. The van der Waals surface area contributed by atoms with E-state index >= 15 is 0 Å². The van der Waals surface area contributed by atoms with Crippen molar-refractivity contribution in [3.63, 3.8) is 0 Å². The van der Waals surface area contributed by atoms with Crippen LogP contribution in [0.3, 0.4) is 0 Å². The Balaban J connectivity index is 1.88. The monoisotopic (exact) mass is 440 g/mol. The summed E-state index contributed by atoms with van der Waals surface area (Å²) in [5.41, 5.74) is 8.80. The van der Waals surface area contributed by atoms with Crippen LogP contribution in [0.1, 0.15) is 10.4 Å². The SMILES string of the molecule is C=CC(=O)Nc1cc2c(-c3c(N)cccc3C(=O)Nc3ccccn3)ncnc2cc1OC. The number of ether oxygens (including phenoxy) is 1. The predicted octanol–water partition coefficient (Wildman–Crippen LogP) is 3.66. The molecule has 164 valence electrons. The number of nitrogens with two attached hydrogens (primary N) is 1. The number of nitrogens with one attached hydrogen (secondary N) is 2. The van der Waals surface area contributed by atoms with Gasteiger partial charge in [0.1, 0.15) is 17.9 Å².